The van der Waals surface area contributed by atoms with E-state index in [-0.39, 0.29) is 30.9 Å². The average Bonchev–Trinajstić information content (AvgIpc) is 2.10. The Kier molecular flexibility index (Phi) is 5.62. The van der Waals surface area contributed by atoms with Crippen LogP contribution in [0, 0.1) is 5.82 Å². The van der Waals surface area contributed by atoms with Gasteiger partial charge in [0, 0.05) is 19.2 Å². The second kappa shape index (κ2) is 5.91. The zero-order valence-electron chi connectivity index (χ0n) is 7.37. The predicted molar refractivity (Wildman–Crippen MR) is 52.5 cm³/mol. The Hall–Kier alpha value is -0.640. The van der Waals surface area contributed by atoms with E-state index in [4.69, 9.17) is 10.5 Å². The van der Waals surface area contributed by atoms with Crippen LogP contribution in [0.3, 0.4) is 0 Å². The van der Waals surface area contributed by atoms with Crippen molar-refractivity contribution in [2.24, 2.45) is 5.73 Å². The summed E-state index contributed by atoms with van der Waals surface area (Å²) >= 11 is 0. The van der Waals surface area contributed by atoms with E-state index in [1.165, 1.54) is 13.2 Å². The summed E-state index contributed by atoms with van der Waals surface area (Å²) in [6, 6.07) is 6.48. The van der Waals surface area contributed by atoms with E-state index in [0.717, 1.165) is 0 Å². The van der Waals surface area contributed by atoms with Gasteiger partial charge in [-0.25, -0.2) is 4.39 Å². The van der Waals surface area contributed by atoms with Gasteiger partial charge < -0.3 is 10.5 Å². The Morgan fingerprint density at radius 3 is 2.54 bits per heavy atom. The number of ether oxygens (including phenoxy) is 1. The Morgan fingerprint density at radius 1 is 1.46 bits per heavy atom. The molecule has 0 saturated carbocycles. The molecule has 1 unspecified atom stereocenters. The van der Waals surface area contributed by atoms with Crippen LogP contribution in [0.5, 0.6) is 0 Å². The van der Waals surface area contributed by atoms with Crippen LogP contribution in [0.2, 0.25) is 0 Å². The zero-order chi connectivity index (χ0) is 8.97. The first kappa shape index (κ1) is 12.4. The van der Waals surface area contributed by atoms with Gasteiger partial charge in [-0.15, -0.1) is 12.4 Å². The van der Waals surface area contributed by atoms with Gasteiger partial charge in [0.1, 0.15) is 5.82 Å². The summed E-state index contributed by atoms with van der Waals surface area (Å²) in [6.45, 7) is 0.289. The predicted octanol–water partition coefficient (Wildman–Crippen LogP) is 1.89. The molecule has 2 N–H and O–H groups in total. The second-order valence-corrected chi connectivity index (χ2v) is 2.48. The van der Waals surface area contributed by atoms with Crippen molar-refractivity contribution in [1.82, 2.24) is 0 Å². The molecular formula is C9H13ClFNO. The number of hydrogen-bond donors (Lipinski definition) is 1. The summed E-state index contributed by atoms with van der Waals surface area (Å²) in [7, 11) is 1.52. The molecular weight excluding hydrogens is 193 g/mol. The maximum atomic E-state index is 13.1. The summed E-state index contributed by atoms with van der Waals surface area (Å²) in [4.78, 5) is 0. The van der Waals surface area contributed by atoms with Crippen molar-refractivity contribution < 1.29 is 9.13 Å². The molecule has 13 heavy (non-hydrogen) atoms. The highest BCUT2D eigenvalue weighted by Crippen LogP contribution is 2.17. The SMILES string of the molecule is COC(CN)c1ccccc1F.Cl. The third-order valence-electron chi connectivity index (χ3n) is 1.75. The zero-order valence-corrected chi connectivity index (χ0v) is 8.18. The molecule has 1 aromatic rings. The van der Waals surface area contributed by atoms with Gasteiger partial charge in [-0.1, -0.05) is 18.2 Å². The third kappa shape index (κ3) is 2.95. The van der Waals surface area contributed by atoms with Crippen molar-refractivity contribution in [2.45, 2.75) is 6.10 Å². The lowest BCUT2D eigenvalue weighted by Gasteiger charge is -2.13. The van der Waals surface area contributed by atoms with E-state index >= 15 is 0 Å². The van der Waals surface area contributed by atoms with Crippen LogP contribution >= 0.6 is 12.4 Å². The van der Waals surface area contributed by atoms with Gasteiger partial charge in [-0.2, -0.15) is 0 Å². The Bertz CT molecular complexity index is 253. The summed E-state index contributed by atoms with van der Waals surface area (Å²) in [6.07, 6.45) is -0.341. The molecule has 0 aliphatic carbocycles. The van der Waals surface area contributed by atoms with Crippen molar-refractivity contribution in [3.05, 3.63) is 35.6 Å². The average molecular weight is 206 g/mol. The maximum Gasteiger partial charge on any atom is 0.129 e. The topological polar surface area (TPSA) is 35.2 Å². The molecule has 74 valence electrons. The Morgan fingerprint density at radius 2 is 2.08 bits per heavy atom. The van der Waals surface area contributed by atoms with Crippen LogP contribution in [0.1, 0.15) is 11.7 Å². The first-order chi connectivity index (χ1) is 5.79. The minimum Gasteiger partial charge on any atom is -0.375 e. The monoisotopic (exact) mass is 205 g/mol. The summed E-state index contributed by atoms with van der Waals surface area (Å²) in [5.74, 6) is -0.269. The lowest BCUT2D eigenvalue weighted by Crippen LogP contribution is -2.15. The van der Waals surface area contributed by atoms with Gasteiger partial charge in [0.15, 0.2) is 0 Å². The van der Waals surface area contributed by atoms with E-state index < -0.39 is 0 Å². The molecule has 1 atom stereocenters. The van der Waals surface area contributed by atoms with Crippen molar-refractivity contribution in [3.63, 3.8) is 0 Å². The molecule has 0 amide bonds. The van der Waals surface area contributed by atoms with Gasteiger partial charge in [0.05, 0.1) is 6.10 Å². The van der Waals surface area contributed by atoms with E-state index in [0.29, 0.717) is 5.56 Å². The Balaban J connectivity index is 0.00000144. The molecule has 0 aliphatic heterocycles. The van der Waals surface area contributed by atoms with E-state index in [2.05, 4.69) is 0 Å². The lowest BCUT2D eigenvalue weighted by molar-refractivity contribution is 0.107. The number of benzene rings is 1. The van der Waals surface area contributed by atoms with Crippen LogP contribution in [0.15, 0.2) is 24.3 Å². The highest BCUT2D eigenvalue weighted by Gasteiger charge is 2.11. The molecule has 0 spiro atoms. The van der Waals surface area contributed by atoms with Crippen molar-refractivity contribution >= 4 is 12.4 Å². The minimum absolute atomic E-state index is 0. The van der Waals surface area contributed by atoms with E-state index in [1.807, 2.05) is 0 Å². The maximum absolute atomic E-state index is 13.1. The quantitative estimate of drug-likeness (QED) is 0.818. The fourth-order valence-electron chi connectivity index (χ4n) is 1.09. The van der Waals surface area contributed by atoms with Crippen molar-refractivity contribution in [2.75, 3.05) is 13.7 Å². The standard InChI is InChI=1S/C9H12FNO.ClH/c1-12-9(6-11)7-4-2-3-5-8(7)10;/h2-5,9H,6,11H2,1H3;1H. The molecule has 1 rings (SSSR count). The number of methoxy groups -OCH3 is 1. The largest absolute Gasteiger partial charge is 0.375 e. The van der Waals surface area contributed by atoms with E-state index in [1.54, 1.807) is 18.2 Å². The normalized spacial score (nSPS) is 11.9. The number of halogens is 2. The molecule has 2 nitrogen and oxygen atoms in total. The number of rotatable bonds is 3. The van der Waals surface area contributed by atoms with E-state index in [9.17, 15) is 4.39 Å². The third-order valence-corrected chi connectivity index (χ3v) is 1.75. The van der Waals surface area contributed by atoms with Crippen LogP contribution in [0.25, 0.3) is 0 Å². The Labute approximate surface area is 83.3 Å². The molecule has 0 saturated heterocycles. The molecule has 0 heterocycles. The van der Waals surface area contributed by atoms with Gasteiger partial charge >= 0.3 is 0 Å². The summed E-state index contributed by atoms with van der Waals surface area (Å²) < 4.78 is 18.1. The highest BCUT2D eigenvalue weighted by molar-refractivity contribution is 5.85. The van der Waals surface area contributed by atoms with Crippen LogP contribution in [0.4, 0.5) is 4.39 Å². The van der Waals surface area contributed by atoms with Crippen molar-refractivity contribution in [1.29, 1.82) is 0 Å². The smallest absolute Gasteiger partial charge is 0.129 e. The van der Waals surface area contributed by atoms with Gasteiger partial charge in [0.2, 0.25) is 0 Å². The minimum atomic E-state index is -0.341. The fraction of sp³-hybridized carbons (Fsp3) is 0.333. The summed E-state index contributed by atoms with van der Waals surface area (Å²) in [5, 5.41) is 0. The molecule has 0 aromatic heterocycles. The van der Waals surface area contributed by atoms with Gasteiger partial charge in [-0.05, 0) is 6.07 Å². The van der Waals surface area contributed by atoms with Crippen LogP contribution in [-0.4, -0.2) is 13.7 Å². The lowest BCUT2D eigenvalue weighted by atomic mass is 10.1. The molecule has 0 fully saturated rings. The van der Waals surface area contributed by atoms with Crippen LogP contribution in [-0.2, 0) is 4.74 Å². The highest BCUT2D eigenvalue weighted by atomic mass is 35.5. The van der Waals surface area contributed by atoms with Gasteiger partial charge in [0.25, 0.3) is 0 Å². The fourth-order valence-corrected chi connectivity index (χ4v) is 1.09. The first-order valence-corrected chi connectivity index (χ1v) is 3.77. The molecule has 0 radical (unpaired) electrons. The molecule has 4 heteroatoms. The second-order valence-electron chi connectivity index (χ2n) is 2.48. The molecule has 0 aliphatic rings. The molecule has 0 bridgehead atoms. The van der Waals surface area contributed by atoms with Crippen LogP contribution < -0.4 is 5.73 Å². The summed E-state index contributed by atoms with van der Waals surface area (Å²) in [5.41, 5.74) is 5.91. The first-order valence-electron chi connectivity index (χ1n) is 3.77. The van der Waals surface area contributed by atoms with Crippen molar-refractivity contribution in [3.8, 4) is 0 Å². The van der Waals surface area contributed by atoms with Gasteiger partial charge in [-0.3, -0.25) is 0 Å². The number of nitrogens with two attached hydrogens (primary N) is 1. The number of hydrogen-bond acceptors (Lipinski definition) is 2. The molecule has 1 aromatic carbocycles.